The highest BCUT2D eigenvalue weighted by molar-refractivity contribution is 6.21. The van der Waals surface area contributed by atoms with Crippen LogP contribution in [0.25, 0.3) is 0 Å². The Morgan fingerprint density at radius 2 is 1.67 bits per heavy atom. The van der Waals surface area contributed by atoms with E-state index in [-0.39, 0.29) is 22.6 Å². The maximum Gasteiger partial charge on any atom is 0.273 e. The largest absolute Gasteiger partial charge is 0.457 e. The highest BCUT2D eigenvalue weighted by Gasteiger charge is 2.26. The number of ether oxygens (including phenoxy) is 1. The number of rotatable bonds is 3. The number of nitro groups is 1. The number of non-ortho nitro benzene ring substituents is 1. The number of nitro benzene ring substituents is 1. The summed E-state index contributed by atoms with van der Waals surface area (Å²) in [7, 11) is 0. The average Bonchev–Trinajstić information content (AvgIpc) is 2.74. The standard InChI is InChI=1S/C14H8N2O5/c17-13-11-5-4-10(7-12(11)14(18)15-13)21-9-3-1-2-8(6-9)16(19)20/h1-7H,(H,15,17,18). The Labute approximate surface area is 118 Å². The minimum atomic E-state index is -0.526. The van der Waals surface area contributed by atoms with Crippen LogP contribution in [0.5, 0.6) is 11.5 Å². The van der Waals surface area contributed by atoms with Gasteiger partial charge in [0.05, 0.1) is 22.1 Å². The second-order valence-corrected chi connectivity index (χ2v) is 4.35. The first-order valence-corrected chi connectivity index (χ1v) is 5.96. The summed E-state index contributed by atoms with van der Waals surface area (Å²) in [6.45, 7) is 0. The molecule has 0 saturated heterocycles. The van der Waals surface area contributed by atoms with Gasteiger partial charge < -0.3 is 4.74 Å². The van der Waals surface area contributed by atoms with Gasteiger partial charge in [-0.2, -0.15) is 0 Å². The summed E-state index contributed by atoms with van der Waals surface area (Å²) in [6, 6.07) is 10.1. The molecule has 1 aliphatic rings. The lowest BCUT2D eigenvalue weighted by molar-refractivity contribution is -0.384. The lowest BCUT2D eigenvalue weighted by atomic mass is 10.1. The zero-order chi connectivity index (χ0) is 15.0. The van der Waals surface area contributed by atoms with Gasteiger partial charge in [-0.1, -0.05) is 6.07 Å². The number of imide groups is 1. The van der Waals surface area contributed by atoms with Gasteiger partial charge in [-0.25, -0.2) is 0 Å². The Morgan fingerprint density at radius 3 is 2.43 bits per heavy atom. The molecule has 1 aliphatic heterocycles. The lowest BCUT2D eigenvalue weighted by Gasteiger charge is -2.06. The van der Waals surface area contributed by atoms with Crippen LogP contribution < -0.4 is 10.1 Å². The number of nitrogens with zero attached hydrogens (tertiary/aromatic N) is 1. The first-order valence-electron chi connectivity index (χ1n) is 5.96. The fraction of sp³-hybridized carbons (Fsp3) is 0. The Balaban J connectivity index is 1.91. The third-order valence-electron chi connectivity index (χ3n) is 2.97. The van der Waals surface area contributed by atoms with Crippen molar-refractivity contribution in [1.29, 1.82) is 0 Å². The molecule has 3 rings (SSSR count). The van der Waals surface area contributed by atoms with E-state index in [1.54, 1.807) is 6.07 Å². The molecular weight excluding hydrogens is 276 g/mol. The molecule has 0 bridgehead atoms. The fourth-order valence-corrected chi connectivity index (χ4v) is 2.01. The summed E-state index contributed by atoms with van der Waals surface area (Å²) in [5, 5.41) is 12.9. The average molecular weight is 284 g/mol. The highest BCUT2D eigenvalue weighted by atomic mass is 16.6. The molecule has 2 amide bonds. The molecule has 0 aromatic heterocycles. The maximum atomic E-state index is 11.5. The van der Waals surface area contributed by atoms with Gasteiger partial charge in [0.15, 0.2) is 0 Å². The maximum absolute atomic E-state index is 11.5. The van der Waals surface area contributed by atoms with E-state index in [2.05, 4.69) is 5.32 Å². The molecule has 2 aromatic carbocycles. The van der Waals surface area contributed by atoms with Gasteiger partial charge in [0.2, 0.25) is 0 Å². The number of hydrogen-bond donors (Lipinski definition) is 1. The number of carbonyl (C=O) groups excluding carboxylic acids is 2. The van der Waals surface area contributed by atoms with E-state index in [0.29, 0.717) is 5.75 Å². The monoisotopic (exact) mass is 284 g/mol. The minimum absolute atomic E-state index is 0.0958. The van der Waals surface area contributed by atoms with Crippen LogP contribution in [-0.4, -0.2) is 16.7 Å². The number of amides is 2. The van der Waals surface area contributed by atoms with Crippen LogP contribution in [0.2, 0.25) is 0 Å². The molecule has 0 unspecified atom stereocenters. The van der Waals surface area contributed by atoms with Crippen molar-refractivity contribution in [3.05, 3.63) is 63.7 Å². The van der Waals surface area contributed by atoms with E-state index in [0.717, 1.165) is 0 Å². The number of fused-ring (bicyclic) bond motifs is 1. The summed E-state index contributed by atoms with van der Waals surface area (Å²) < 4.78 is 5.48. The van der Waals surface area contributed by atoms with Crippen LogP contribution in [0.1, 0.15) is 20.7 Å². The zero-order valence-corrected chi connectivity index (χ0v) is 10.5. The van der Waals surface area contributed by atoms with Gasteiger partial charge in [0.1, 0.15) is 11.5 Å². The molecule has 21 heavy (non-hydrogen) atoms. The van der Waals surface area contributed by atoms with E-state index >= 15 is 0 Å². The van der Waals surface area contributed by atoms with Crippen LogP contribution in [-0.2, 0) is 0 Å². The van der Waals surface area contributed by atoms with Gasteiger partial charge in [-0.3, -0.25) is 25.0 Å². The summed E-state index contributed by atoms with van der Waals surface area (Å²) in [5.74, 6) is -0.343. The van der Waals surface area contributed by atoms with Crippen LogP contribution >= 0.6 is 0 Å². The van der Waals surface area contributed by atoms with Crippen molar-refractivity contribution < 1.29 is 19.2 Å². The third kappa shape index (κ3) is 2.32. The van der Waals surface area contributed by atoms with Crippen molar-refractivity contribution >= 4 is 17.5 Å². The highest BCUT2D eigenvalue weighted by Crippen LogP contribution is 2.28. The lowest BCUT2D eigenvalue weighted by Crippen LogP contribution is -2.19. The second-order valence-electron chi connectivity index (χ2n) is 4.35. The molecular formula is C14H8N2O5. The Hall–Kier alpha value is -3.22. The number of nitrogens with one attached hydrogen (secondary N) is 1. The first-order chi connectivity index (χ1) is 10.0. The van der Waals surface area contributed by atoms with Gasteiger partial charge in [-0.15, -0.1) is 0 Å². The summed E-state index contributed by atoms with van der Waals surface area (Å²) in [5.41, 5.74) is 0.413. The van der Waals surface area contributed by atoms with E-state index in [1.807, 2.05) is 0 Å². The van der Waals surface area contributed by atoms with Gasteiger partial charge >= 0.3 is 0 Å². The Morgan fingerprint density at radius 1 is 0.952 bits per heavy atom. The number of benzene rings is 2. The van der Waals surface area contributed by atoms with Crippen molar-refractivity contribution in [3.63, 3.8) is 0 Å². The summed E-state index contributed by atoms with van der Waals surface area (Å²) in [6.07, 6.45) is 0. The third-order valence-corrected chi connectivity index (χ3v) is 2.97. The Kier molecular flexibility index (Phi) is 2.87. The molecule has 0 radical (unpaired) electrons. The van der Waals surface area contributed by atoms with Crippen molar-refractivity contribution in [2.75, 3.05) is 0 Å². The normalized spacial score (nSPS) is 12.8. The smallest absolute Gasteiger partial charge is 0.273 e. The van der Waals surface area contributed by atoms with Gasteiger partial charge in [-0.05, 0) is 24.3 Å². The predicted octanol–water partition coefficient (Wildman–Crippen LogP) is 2.27. The first kappa shape index (κ1) is 12.8. The van der Waals surface area contributed by atoms with Gasteiger partial charge in [0, 0.05) is 6.07 Å². The summed E-state index contributed by atoms with van der Waals surface area (Å²) in [4.78, 5) is 33.1. The molecule has 0 fully saturated rings. The SMILES string of the molecule is O=C1NC(=O)c2cc(Oc3cccc([N+](=O)[O-])c3)ccc21. The molecule has 1 N–H and O–H groups in total. The topological polar surface area (TPSA) is 98.5 Å². The Bertz CT molecular complexity index is 785. The zero-order valence-electron chi connectivity index (χ0n) is 10.5. The fourth-order valence-electron chi connectivity index (χ4n) is 2.01. The molecule has 2 aromatic rings. The van der Waals surface area contributed by atoms with Crippen LogP contribution in [0.15, 0.2) is 42.5 Å². The van der Waals surface area contributed by atoms with E-state index in [9.17, 15) is 19.7 Å². The van der Waals surface area contributed by atoms with Gasteiger partial charge in [0.25, 0.3) is 17.5 Å². The van der Waals surface area contributed by atoms with Crippen LogP contribution in [0.4, 0.5) is 5.69 Å². The number of carbonyl (C=O) groups is 2. The van der Waals surface area contributed by atoms with Crippen molar-refractivity contribution in [1.82, 2.24) is 5.32 Å². The predicted molar refractivity (Wildman–Crippen MR) is 71.4 cm³/mol. The van der Waals surface area contributed by atoms with Crippen molar-refractivity contribution in [2.24, 2.45) is 0 Å². The van der Waals surface area contributed by atoms with Crippen LogP contribution in [0.3, 0.4) is 0 Å². The van der Waals surface area contributed by atoms with E-state index in [4.69, 9.17) is 4.74 Å². The van der Waals surface area contributed by atoms with Crippen molar-refractivity contribution in [2.45, 2.75) is 0 Å². The number of hydrogen-bond acceptors (Lipinski definition) is 5. The minimum Gasteiger partial charge on any atom is -0.457 e. The molecule has 0 saturated carbocycles. The van der Waals surface area contributed by atoms with Crippen LogP contribution in [0, 0.1) is 10.1 Å². The molecule has 1 heterocycles. The molecule has 7 heteroatoms. The summed E-state index contributed by atoms with van der Waals surface area (Å²) >= 11 is 0. The second kappa shape index (κ2) is 4.71. The molecule has 104 valence electrons. The molecule has 0 atom stereocenters. The molecule has 0 spiro atoms. The quantitative estimate of drug-likeness (QED) is 0.529. The molecule has 0 aliphatic carbocycles. The molecule has 7 nitrogen and oxygen atoms in total. The van der Waals surface area contributed by atoms with Crippen molar-refractivity contribution in [3.8, 4) is 11.5 Å². The van der Waals surface area contributed by atoms with E-state index < -0.39 is 16.7 Å². The van der Waals surface area contributed by atoms with E-state index in [1.165, 1.54) is 36.4 Å².